The molecule has 0 aliphatic rings. The van der Waals surface area contributed by atoms with Crippen molar-refractivity contribution in [1.82, 2.24) is 19.1 Å². The minimum absolute atomic E-state index is 0.231. The lowest BCUT2D eigenvalue weighted by molar-refractivity contribution is 0.618. The Morgan fingerprint density at radius 2 is 1.82 bits per heavy atom. The highest BCUT2D eigenvalue weighted by molar-refractivity contribution is 7.98. The van der Waals surface area contributed by atoms with Crippen molar-refractivity contribution < 1.29 is 4.39 Å². The van der Waals surface area contributed by atoms with E-state index in [-0.39, 0.29) is 5.56 Å². The number of hydrogen-bond acceptors (Lipinski definition) is 6. The molecule has 5 rings (SSSR count). The number of halogens is 1. The Hall–Kier alpha value is -3.14. The summed E-state index contributed by atoms with van der Waals surface area (Å²) in [5, 5.41) is 0.500. The standard InChI is InChI=1S/C25H19FN4OS3/c1-15-5-8-18(9-6-15)29-23(31)21-22(28-24(29)33-14-17-4-3-11-27-13-17)30(25(32)34-21)20-12-16(2)7-10-19(20)26/h3-13H,14H2,1-2H3. The van der Waals surface area contributed by atoms with Gasteiger partial charge in [0.15, 0.2) is 14.8 Å². The monoisotopic (exact) mass is 506 g/mol. The third-order valence-electron chi connectivity index (χ3n) is 5.30. The molecule has 0 atom stereocenters. The fourth-order valence-electron chi connectivity index (χ4n) is 3.59. The Labute approximate surface area is 208 Å². The smallest absolute Gasteiger partial charge is 0.272 e. The van der Waals surface area contributed by atoms with E-state index in [0.29, 0.717) is 36.6 Å². The van der Waals surface area contributed by atoms with E-state index in [4.69, 9.17) is 17.2 Å². The zero-order valence-electron chi connectivity index (χ0n) is 18.4. The second-order valence-corrected chi connectivity index (χ2v) is 10.4. The third kappa shape index (κ3) is 4.22. The Morgan fingerprint density at radius 3 is 2.56 bits per heavy atom. The van der Waals surface area contributed by atoms with Crippen LogP contribution in [0.15, 0.2) is 76.9 Å². The number of fused-ring (bicyclic) bond motifs is 1. The molecule has 34 heavy (non-hydrogen) atoms. The molecule has 3 heterocycles. The lowest BCUT2D eigenvalue weighted by atomic mass is 10.2. The van der Waals surface area contributed by atoms with E-state index in [1.165, 1.54) is 17.8 Å². The van der Waals surface area contributed by atoms with Crippen molar-refractivity contribution in [2.75, 3.05) is 0 Å². The quantitative estimate of drug-likeness (QED) is 0.157. The lowest BCUT2D eigenvalue weighted by Gasteiger charge is -2.13. The van der Waals surface area contributed by atoms with Crippen molar-refractivity contribution in [2.24, 2.45) is 0 Å². The molecule has 9 heteroatoms. The summed E-state index contributed by atoms with van der Waals surface area (Å²) in [4.78, 5) is 22.8. The largest absolute Gasteiger partial charge is 0.278 e. The number of nitrogens with zero attached hydrogens (tertiary/aromatic N) is 4. The van der Waals surface area contributed by atoms with Gasteiger partial charge in [-0.05, 0) is 67.5 Å². The molecule has 5 aromatic rings. The first-order valence-electron chi connectivity index (χ1n) is 10.5. The molecule has 0 spiro atoms. The fraction of sp³-hybridized carbons (Fsp3) is 0.120. The van der Waals surface area contributed by atoms with Gasteiger partial charge in [-0.3, -0.25) is 18.9 Å². The van der Waals surface area contributed by atoms with Gasteiger partial charge in [0.2, 0.25) is 0 Å². The van der Waals surface area contributed by atoms with Gasteiger partial charge in [0.1, 0.15) is 10.5 Å². The fourth-order valence-corrected chi connectivity index (χ4v) is 5.82. The normalized spacial score (nSPS) is 11.3. The van der Waals surface area contributed by atoms with Crippen LogP contribution in [0.4, 0.5) is 4.39 Å². The van der Waals surface area contributed by atoms with Gasteiger partial charge in [-0.15, -0.1) is 0 Å². The lowest BCUT2D eigenvalue weighted by Crippen LogP contribution is -2.21. The van der Waals surface area contributed by atoms with Crippen LogP contribution in [0.3, 0.4) is 0 Å². The van der Waals surface area contributed by atoms with Crippen molar-refractivity contribution in [3.05, 3.63) is 104 Å². The second-order valence-electron chi connectivity index (χ2n) is 7.83. The molecule has 0 amide bonds. The molecule has 2 aromatic carbocycles. The minimum Gasteiger partial charge on any atom is -0.272 e. The van der Waals surface area contributed by atoms with Crippen LogP contribution in [-0.4, -0.2) is 19.1 Å². The summed E-state index contributed by atoms with van der Waals surface area (Å²) < 4.78 is 18.7. The summed E-state index contributed by atoms with van der Waals surface area (Å²) in [7, 11) is 0. The number of pyridine rings is 1. The molecule has 0 saturated heterocycles. The zero-order chi connectivity index (χ0) is 23.8. The van der Waals surface area contributed by atoms with Crippen LogP contribution >= 0.6 is 35.3 Å². The number of benzene rings is 2. The minimum atomic E-state index is -0.421. The highest BCUT2D eigenvalue weighted by Crippen LogP contribution is 2.30. The van der Waals surface area contributed by atoms with E-state index in [0.717, 1.165) is 28.0 Å². The van der Waals surface area contributed by atoms with Crippen molar-refractivity contribution >= 4 is 45.7 Å². The van der Waals surface area contributed by atoms with Crippen molar-refractivity contribution in [3.8, 4) is 11.4 Å². The van der Waals surface area contributed by atoms with Gasteiger partial charge in [-0.1, -0.05) is 52.9 Å². The predicted molar refractivity (Wildman–Crippen MR) is 139 cm³/mol. The predicted octanol–water partition coefficient (Wildman–Crippen LogP) is 6.41. The van der Waals surface area contributed by atoms with Crippen LogP contribution in [0.1, 0.15) is 16.7 Å². The summed E-state index contributed by atoms with van der Waals surface area (Å²) in [5.74, 6) is 0.150. The molecule has 0 unspecified atom stereocenters. The molecule has 5 nitrogen and oxygen atoms in total. The molecule has 0 saturated carbocycles. The number of hydrogen-bond donors (Lipinski definition) is 0. The van der Waals surface area contributed by atoms with Gasteiger partial charge in [-0.25, -0.2) is 9.37 Å². The molecule has 0 aliphatic heterocycles. The Balaban J connectivity index is 1.76. The van der Waals surface area contributed by atoms with Crippen LogP contribution in [-0.2, 0) is 5.75 Å². The summed E-state index contributed by atoms with van der Waals surface area (Å²) >= 11 is 8.14. The van der Waals surface area contributed by atoms with Gasteiger partial charge in [-0.2, -0.15) is 0 Å². The average molecular weight is 507 g/mol. The molecule has 0 fully saturated rings. The van der Waals surface area contributed by atoms with Crippen molar-refractivity contribution in [1.29, 1.82) is 0 Å². The first kappa shape index (κ1) is 22.6. The molecule has 0 N–H and O–H groups in total. The number of aryl methyl sites for hydroxylation is 2. The average Bonchev–Trinajstić information content (AvgIpc) is 3.17. The molecule has 0 aliphatic carbocycles. The van der Waals surface area contributed by atoms with E-state index in [1.807, 2.05) is 50.2 Å². The van der Waals surface area contributed by atoms with E-state index in [9.17, 15) is 9.18 Å². The highest BCUT2D eigenvalue weighted by atomic mass is 32.2. The molecule has 3 aromatic heterocycles. The molecule has 0 bridgehead atoms. The topological polar surface area (TPSA) is 52.7 Å². The Bertz CT molecular complexity index is 1620. The van der Waals surface area contributed by atoms with E-state index in [2.05, 4.69) is 4.98 Å². The summed E-state index contributed by atoms with van der Waals surface area (Å²) in [6, 6.07) is 16.4. The Morgan fingerprint density at radius 1 is 1.06 bits per heavy atom. The Kier molecular flexibility index (Phi) is 6.16. The van der Waals surface area contributed by atoms with E-state index in [1.54, 1.807) is 33.7 Å². The zero-order valence-corrected chi connectivity index (χ0v) is 20.8. The van der Waals surface area contributed by atoms with Gasteiger partial charge >= 0.3 is 0 Å². The van der Waals surface area contributed by atoms with Crippen LogP contribution in [0.5, 0.6) is 0 Å². The maximum absolute atomic E-state index is 14.8. The maximum Gasteiger partial charge on any atom is 0.278 e. The molecular weight excluding hydrogens is 488 g/mol. The summed E-state index contributed by atoms with van der Waals surface area (Å²) in [5.41, 5.74) is 4.12. The first-order chi connectivity index (χ1) is 16.4. The highest BCUT2D eigenvalue weighted by Gasteiger charge is 2.20. The van der Waals surface area contributed by atoms with Crippen LogP contribution in [0.25, 0.3) is 21.7 Å². The van der Waals surface area contributed by atoms with Crippen LogP contribution < -0.4 is 5.56 Å². The summed E-state index contributed by atoms with van der Waals surface area (Å²) in [6.45, 7) is 3.88. The number of aromatic nitrogens is 4. The number of rotatable bonds is 5. The van der Waals surface area contributed by atoms with Crippen LogP contribution in [0.2, 0.25) is 0 Å². The third-order valence-corrected chi connectivity index (χ3v) is 7.66. The van der Waals surface area contributed by atoms with Crippen molar-refractivity contribution in [2.45, 2.75) is 24.8 Å². The van der Waals surface area contributed by atoms with Gasteiger partial charge < -0.3 is 0 Å². The summed E-state index contributed by atoms with van der Waals surface area (Å²) in [6.07, 6.45) is 3.50. The number of thioether (sulfide) groups is 1. The SMILES string of the molecule is Cc1ccc(-n2c(SCc3cccnc3)nc3c(sc(=S)n3-c3cc(C)ccc3F)c2=O)cc1. The van der Waals surface area contributed by atoms with Gasteiger partial charge in [0.05, 0.1) is 11.4 Å². The van der Waals surface area contributed by atoms with Gasteiger partial charge in [0.25, 0.3) is 5.56 Å². The second kappa shape index (κ2) is 9.25. The van der Waals surface area contributed by atoms with Crippen LogP contribution in [0, 0.1) is 23.6 Å². The molecule has 170 valence electrons. The molecular formula is C25H19FN4OS3. The first-order valence-corrected chi connectivity index (χ1v) is 12.7. The van der Waals surface area contributed by atoms with Gasteiger partial charge in [0, 0.05) is 18.1 Å². The number of thiazole rings is 1. The molecule has 0 radical (unpaired) electrons. The van der Waals surface area contributed by atoms with E-state index >= 15 is 0 Å². The maximum atomic E-state index is 14.8. The van der Waals surface area contributed by atoms with E-state index < -0.39 is 5.82 Å². The van der Waals surface area contributed by atoms with Crippen molar-refractivity contribution in [3.63, 3.8) is 0 Å².